The number of unbranched alkanes of at least 4 members (excludes halogenated alkanes) is 1. The Morgan fingerprint density at radius 3 is 2.49 bits per heavy atom. The molecule has 1 unspecified atom stereocenters. The van der Waals surface area contributed by atoms with Crippen molar-refractivity contribution in [1.82, 2.24) is 40.4 Å². The topological polar surface area (TPSA) is 162 Å². The SMILES string of the molecule is CCCCc1nc(Cl)c(C(=O)O)n1C(C)(ONN([O-])n1cccc1)c1ccc(-c2ccccc2-c2nn[nH]n2)cc1. The number of nitrogens with zero attached hydrogens (tertiary/aromatic N) is 7. The number of aromatic nitrogens is 7. The van der Waals surface area contributed by atoms with Crippen LogP contribution >= 0.6 is 11.6 Å². The summed E-state index contributed by atoms with van der Waals surface area (Å²) < 4.78 is 2.64. The molecule has 0 aliphatic heterocycles. The molecule has 41 heavy (non-hydrogen) atoms. The highest BCUT2D eigenvalue weighted by Gasteiger charge is 2.38. The van der Waals surface area contributed by atoms with E-state index in [9.17, 15) is 15.1 Å². The summed E-state index contributed by atoms with van der Waals surface area (Å²) in [6, 6.07) is 18.3. The molecule has 0 aliphatic rings. The molecule has 5 aromatic rings. The van der Waals surface area contributed by atoms with Crippen LogP contribution in [0.15, 0.2) is 73.1 Å². The zero-order chi connectivity index (χ0) is 29.0. The van der Waals surface area contributed by atoms with Crippen LogP contribution in [0.3, 0.4) is 0 Å². The highest BCUT2D eigenvalue weighted by atomic mass is 35.5. The molecule has 13 nitrogen and oxygen atoms in total. The summed E-state index contributed by atoms with van der Waals surface area (Å²) in [5.41, 5.74) is 3.57. The molecule has 0 saturated carbocycles. The van der Waals surface area contributed by atoms with E-state index in [-0.39, 0.29) is 10.8 Å². The molecule has 0 fully saturated rings. The average molecular weight is 577 g/mol. The first-order chi connectivity index (χ1) is 19.8. The van der Waals surface area contributed by atoms with Gasteiger partial charge < -0.3 is 10.3 Å². The van der Waals surface area contributed by atoms with Gasteiger partial charge in [-0.15, -0.1) is 15.8 Å². The van der Waals surface area contributed by atoms with Crippen molar-refractivity contribution in [2.45, 2.75) is 38.8 Å². The molecule has 3 N–H and O–H groups in total. The van der Waals surface area contributed by atoms with Gasteiger partial charge in [0, 0.05) is 29.9 Å². The molecule has 14 heteroatoms. The smallest absolute Gasteiger partial charge is 0.355 e. The molecule has 0 saturated heterocycles. The van der Waals surface area contributed by atoms with E-state index in [1.807, 2.05) is 43.3 Å². The van der Waals surface area contributed by atoms with E-state index in [2.05, 4.69) is 31.2 Å². The first-order valence-corrected chi connectivity index (χ1v) is 13.2. The molecule has 0 radical (unpaired) electrons. The Balaban J connectivity index is 1.60. The number of halogens is 1. The fourth-order valence-electron chi connectivity index (χ4n) is 4.60. The Bertz CT molecular complexity index is 1600. The van der Waals surface area contributed by atoms with Gasteiger partial charge >= 0.3 is 5.97 Å². The lowest BCUT2D eigenvalue weighted by molar-refractivity contribution is -0.130. The summed E-state index contributed by atoms with van der Waals surface area (Å²) in [5, 5.41) is 37.4. The Kier molecular flexibility index (Phi) is 8.12. The summed E-state index contributed by atoms with van der Waals surface area (Å²) in [6.07, 6.45) is 5.08. The summed E-state index contributed by atoms with van der Waals surface area (Å²) >= 11 is 6.35. The predicted octanol–water partition coefficient (Wildman–Crippen LogP) is 4.52. The van der Waals surface area contributed by atoms with Gasteiger partial charge in [-0.05, 0) is 41.8 Å². The minimum absolute atomic E-state index is 0.173. The molecule has 1 atom stereocenters. The number of imidazole rings is 1. The number of rotatable bonds is 12. The lowest BCUT2D eigenvalue weighted by atomic mass is 9.95. The van der Waals surface area contributed by atoms with Crippen molar-refractivity contribution in [3.05, 3.63) is 100 Å². The fraction of sp³-hybridized carbons (Fsp3) is 0.222. The molecule has 0 bridgehead atoms. The van der Waals surface area contributed by atoms with E-state index >= 15 is 0 Å². The number of carboxylic acids is 1. The maximum Gasteiger partial charge on any atom is 0.355 e. The number of aryl methyl sites for hydroxylation is 1. The van der Waals surface area contributed by atoms with Crippen LogP contribution < -0.4 is 10.9 Å². The molecule has 0 amide bonds. The van der Waals surface area contributed by atoms with E-state index in [1.54, 1.807) is 31.2 Å². The van der Waals surface area contributed by atoms with Crippen LogP contribution in [0, 0.1) is 5.21 Å². The second-order valence-corrected chi connectivity index (χ2v) is 9.64. The minimum Gasteiger partial charge on any atom is -0.726 e. The molecule has 212 valence electrons. The molecule has 0 spiro atoms. The van der Waals surface area contributed by atoms with Crippen LogP contribution in [0.5, 0.6) is 0 Å². The zero-order valence-corrected chi connectivity index (χ0v) is 23.0. The number of carbonyl (C=O) groups is 1. The van der Waals surface area contributed by atoms with Crippen molar-refractivity contribution < 1.29 is 14.7 Å². The van der Waals surface area contributed by atoms with Gasteiger partial charge in [-0.2, -0.15) is 5.21 Å². The van der Waals surface area contributed by atoms with Crippen molar-refractivity contribution in [2.75, 3.05) is 5.28 Å². The number of hydrogen-bond donors (Lipinski definition) is 3. The van der Waals surface area contributed by atoms with Gasteiger partial charge in [-0.3, -0.25) is 14.5 Å². The summed E-state index contributed by atoms with van der Waals surface area (Å²) in [5.74, 6) is -0.430. The zero-order valence-electron chi connectivity index (χ0n) is 22.2. The van der Waals surface area contributed by atoms with Crippen molar-refractivity contribution in [3.63, 3.8) is 0 Å². The number of hydrazine groups is 1. The molecular weight excluding hydrogens is 550 g/mol. The number of nitrogens with one attached hydrogen (secondary N) is 2. The lowest BCUT2D eigenvalue weighted by Crippen LogP contribution is -2.49. The number of hydrogen-bond acceptors (Lipinski definition) is 9. The molecule has 0 aliphatic carbocycles. The average Bonchev–Trinajstić information content (AvgIpc) is 3.77. The van der Waals surface area contributed by atoms with Gasteiger partial charge in [-0.25, -0.2) is 14.6 Å². The second kappa shape index (κ2) is 11.9. The van der Waals surface area contributed by atoms with E-state index in [0.29, 0.717) is 28.9 Å². The van der Waals surface area contributed by atoms with Gasteiger partial charge in [0.2, 0.25) is 5.82 Å². The highest BCUT2D eigenvalue weighted by molar-refractivity contribution is 6.32. The molecule has 5 rings (SSSR count). The summed E-state index contributed by atoms with van der Waals surface area (Å²) in [7, 11) is 0. The van der Waals surface area contributed by atoms with Crippen molar-refractivity contribution in [2.24, 2.45) is 0 Å². The maximum absolute atomic E-state index is 12.7. The first kappa shape index (κ1) is 28.0. The number of aromatic amines is 1. The Hall–Kier alpha value is -4.56. The largest absolute Gasteiger partial charge is 0.726 e. The number of benzene rings is 2. The monoisotopic (exact) mass is 576 g/mol. The maximum atomic E-state index is 12.7. The Morgan fingerprint density at radius 1 is 1.15 bits per heavy atom. The lowest BCUT2D eigenvalue weighted by Gasteiger charge is -2.38. The summed E-state index contributed by atoms with van der Waals surface area (Å²) in [6.45, 7) is 3.66. The highest BCUT2D eigenvalue weighted by Crippen LogP contribution is 2.36. The molecule has 2 aromatic carbocycles. The Labute approximate surface area is 239 Å². The van der Waals surface area contributed by atoms with E-state index in [0.717, 1.165) is 29.5 Å². The van der Waals surface area contributed by atoms with E-state index in [1.165, 1.54) is 21.6 Å². The summed E-state index contributed by atoms with van der Waals surface area (Å²) in [4.78, 5) is 22.8. The van der Waals surface area contributed by atoms with Gasteiger partial charge in [-0.1, -0.05) is 73.5 Å². The van der Waals surface area contributed by atoms with Gasteiger partial charge in [0.1, 0.15) is 5.82 Å². The van der Waals surface area contributed by atoms with Crippen molar-refractivity contribution in [3.8, 4) is 22.5 Å². The third-order valence-electron chi connectivity index (χ3n) is 6.65. The van der Waals surface area contributed by atoms with E-state index in [4.69, 9.17) is 16.4 Å². The predicted molar refractivity (Wildman–Crippen MR) is 151 cm³/mol. The Morgan fingerprint density at radius 2 is 1.85 bits per heavy atom. The van der Waals surface area contributed by atoms with Crippen LogP contribution in [0.1, 0.15) is 48.6 Å². The first-order valence-electron chi connectivity index (χ1n) is 12.8. The second-order valence-electron chi connectivity index (χ2n) is 9.28. The van der Waals surface area contributed by atoms with Gasteiger partial charge in [0.05, 0.1) is 0 Å². The third-order valence-corrected chi connectivity index (χ3v) is 6.92. The molecule has 3 heterocycles. The van der Waals surface area contributed by atoms with Crippen LogP contribution in [0.2, 0.25) is 5.15 Å². The van der Waals surface area contributed by atoms with Gasteiger partial charge in [0.25, 0.3) is 0 Å². The standard InChI is InChI=1S/C27H27ClN9O4/c1-3-4-11-22-29-24(28)23(26(38)39)36(22)27(2,41-34-37(40)35-16-7-8-17-35)19-14-12-18(13-15-19)20-9-5-6-10-21(20)25-30-32-33-31-25/h5-10,12-17,34H,3-4,11H2,1-2H3,(H,38,39)(H,30,31,32,33)/q-1. The third kappa shape index (κ3) is 5.56. The van der Waals surface area contributed by atoms with Crippen molar-refractivity contribution >= 4 is 17.6 Å². The van der Waals surface area contributed by atoms with Crippen LogP contribution in [0.4, 0.5) is 0 Å². The fourth-order valence-corrected chi connectivity index (χ4v) is 4.87. The normalized spacial score (nSPS) is 12.8. The van der Waals surface area contributed by atoms with Gasteiger partial charge in [0.15, 0.2) is 16.6 Å². The van der Waals surface area contributed by atoms with E-state index < -0.39 is 11.7 Å². The van der Waals surface area contributed by atoms with Crippen LogP contribution in [-0.2, 0) is 17.0 Å². The minimum atomic E-state index is -1.57. The van der Waals surface area contributed by atoms with Crippen LogP contribution in [-0.4, -0.2) is 45.9 Å². The number of carboxylic acid groups (broad SMARTS) is 1. The van der Waals surface area contributed by atoms with Crippen LogP contribution in [0.25, 0.3) is 22.5 Å². The van der Waals surface area contributed by atoms with Crippen molar-refractivity contribution in [1.29, 1.82) is 0 Å². The molecular formula is C27H27ClN9O4-. The number of H-pyrrole nitrogens is 1. The number of aromatic carboxylic acids is 1. The quantitative estimate of drug-likeness (QED) is 0.180. The molecule has 3 aromatic heterocycles. The number of tetrazole rings is 1.